The SMILES string of the molecule is CCCCCCCCCCCCCCCC(C)COC(=O)Cc1cc(O)c(O)c(O)c1. The largest absolute Gasteiger partial charge is 0.504 e. The monoisotopic (exact) mass is 436 g/mol. The van der Waals surface area contributed by atoms with Crippen LogP contribution in [0.3, 0.4) is 0 Å². The van der Waals surface area contributed by atoms with Gasteiger partial charge in [0.1, 0.15) is 0 Å². The van der Waals surface area contributed by atoms with Crippen molar-refractivity contribution in [3.05, 3.63) is 17.7 Å². The van der Waals surface area contributed by atoms with Gasteiger partial charge in [0.25, 0.3) is 0 Å². The normalized spacial score (nSPS) is 12.1. The molecule has 0 radical (unpaired) electrons. The Morgan fingerprint density at radius 2 is 1.26 bits per heavy atom. The molecule has 0 saturated heterocycles. The van der Waals surface area contributed by atoms with Gasteiger partial charge in [-0.3, -0.25) is 4.79 Å². The maximum atomic E-state index is 12.0. The molecule has 0 heterocycles. The number of esters is 1. The van der Waals surface area contributed by atoms with Crippen LogP contribution in [-0.2, 0) is 16.0 Å². The van der Waals surface area contributed by atoms with Crippen LogP contribution in [0.4, 0.5) is 0 Å². The van der Waals surface area contributed by atoms with Gasteiger partial charge in [-0.1, -0.05) is 97.3 Å². The van der Waals surface area contributed by atoms with E-state index in [4.69, 9.17) is 4.74 Å². The number of rotatable bonds is 18. The zero-order valence-electron chi connectivity index (χ0n) is 19.7. The van der Waals surface area contributed by atoms with E-state index in [1.807, 2.05) is 0 Å². The van der Waals surface area contributed by atoms with Crippen LogP contribution in [0.25, 0.3) is 0 Å². The highest BCUT2D eigenvalue weighted by molar-refractivity contribution is 5.73. The summed E-state index contributed by atoms with van der Waals surface area (Å²) in [5.74, 6) is -1.55. The Balaban J connectivity index is 1.98. The molecule has 0 aliphatic carbocycles. The first kappa shape index (κ1) is 27.1. The molecule has 0 aliphatic heterocycles. The molecule has 3 N–H and O–H groups in total. The van der Waals surface area contributed by atoms with E-state index in [2.05, 4.69) is 13.8 Å². The predicted octanol–water partition coefficient (Wildman–Crippen LogP) is 7.01. The minimum Gasteiger partial charge on any atom is -0.504 e. The van der Waals surface area contributed by atoms with E-state index in [9.17, 15) is 20.1 Å². The summed E-state index contributed by atoms with van der Waals surface area (Å²) >= 11 is 0. The molecular formula is C26H44O5. The molecule has 5 heteroatoms. The molecule has 0 bridgehead atoms. The van der Waals surface area contributed by atoms with Gasteiger partial charge in [-0.25, -0.2) is 0 Å². The average Bonchev–Trinajstić information content (AvgIpc) is 2.73. The van der Waals surface area contributed by atoms with Crippen LogP contribution in [0.2, 0.25) is 0 Å². The van der Waals surface area contributed by atoms with Gasteiger partial charge in [-0.05, 0) is 30.0 Å². The van der Waals surface area contributed by atoms with Crippen LogP contribution >= 0.6 is 0 Å². The number of phenolic OH excluding ortho intramolecular Hbond substituents is 3. The van der Waals surface area contributed by atoms with Crippen LogP contribution in [0.1, 0.15) is 109 Å². The van der Waals surface area contributed by atoms with Gasteiger partial charge in [0.15, 0.2) is 17.2 Å². The van der Waals surface area contributed by atoms with E-state index < -0.39 is 23.2 Å². The summed E-state index contributed by atoms with van der Waals surface area (Å²) in [5.41, 5.74) is 0.405. The second-order valence-electron chi connectivity index (χ2n) is 8.98. The maximum absolute atomic E-state index is 12.0. The number of hydrogen-bond donors (Lipinski definition) is 3. The third-order valence-electron chi connectivity index (χ3n) is 5.81. The second-order valence-corrected chi connectivity index (χ2v) is 8.98. The van der Waals surface area contributed by atoms with Crippen LogP contribution in [0.5, 0.6) is 17.2 Å². The van der Waals surface area contributed by atoms with Crippen molar-refractivity contribution in [2.45, 2.75) is 110 Å². The summed E-state index contributed by atoms with van der Waals surface area (Å²) in [4.78, 5) is 12.0. The molecule has 1 rings (SSSR count). The number of hydrogen-bond acceptors (Lipinski definition) is 5. The Hall–Kier alpha value is -1.91. The zero-order chi connectivity index (χ0) is 22.9. The van der Waals surface area contributed by atoms with E-state index in [-0.39, 0.29) is 6.42 Å². The van der Waals surface area contributed by atoms with Crippen molar-refractivity contribution in [2.75, 3.05) is 6.61 Å². The number of benzene rings is 1. The van der Waals surface area contributed by atoms with E-state index in [0.29, 0.717) is 18.1 Å². The highest BCUT2D eigenvalue weighted by Crippen LogP contribution is 2.35. The number of unbranched alkanes of at least 4 members (excludes halogenated alkanes) is 12. The smallest absolute Gasteiger partial charge is 0.310 e. The van der Waals surface area contributed by atoms with Gasteiger partial charge >= 0.3 is 5.97 Å². The Bertz CT molecular complexity index is 591. The third kappa shape index (κ3) is 13.2. The molecule has 1 aromatic rings. The Kier molecular flexibility index (Phi) is 14.6. The quantitative estimate of drug-likeness (QED) is 0.131. The van der Waals surface area contributed by atoms with Gasteiger partial charge in [-0.2, -0.15) is 0 Å². The molecule has 31 heavy (non-hydrogen) atoms. The highest BCUT2D eigenvalue weighted by atomic mass is 16.5. The molecule has 0 aromatic heterocycles. The molecule has 0 aliphatic rings. The third-order valence-corrected chi connectivity index (χ3v) is 5.81. The first-order valence-electron chi connectivity index (χ1n) is 12.3. The molecule has 0 amide bonds. The number of aromatic hydroxyl groups is 3. The zero-order valence-corrected chi connectivity index (χ0v) is 19.7. The average molecular weight is 437 g/mol. The lowest BCUT2D eigenvalue weighted by atomic mass is 10.0. The molecule has 1 aromatic carbocycles. The molecule has 1 atom stereocenters. The Labute approximate surface area is 188 Å². The van der Waals surface area contributed by atoms with Crippen molar-refractivity contribution in [2.24, 2.45) is 5.92 Å². The fourth-order valence-corrected chi connectivity index (χ4v) is 3.81. The standard InChI is InChI=1S/C26H44O5/c1-3-4-5-6-7-8-9-10-11-12-13-14-15-16-21(2)20-31-25(29)19-22-17-23(27)26(30)24(28)18-22/h17-18,21,27-28,30H,3-16,19-20H2,1-2H3. The fourth-order valence-electron chi connectivity index (χ4n) is 3.81. The lowest BCUT2D eigenvalue weighted by Crippen LogP contribution is -2.14. The van der Waals surface area contributed by atoms with Crippen LogP contribution < -0.4 is 0 Å². The molecule has 5 nitrogen and oxygen atoms in total. The molecule has 0 spiro atoms. The first-order chi connectivity index (χ1) is 14.9. The molecular weight excluding hydrogens is 392 g/mol. The van der Waals surface area contributed by atoms with E-state index >= 15 is 0 Å². The van der Waals surface area contributed by atoms with Crippen LogP contribution in [-0.4, -0.2) is 27.9 Å². The van der Waals surface area contributed by atoms with Crippen molar-refractivity contribution in [3.63, 3.8) is 0 Å². The summed E-state index contributed by atoms with van der Waals surface area (Å²) in [5, 5.41) is 28.3. The van der Waals surface area contributed by atoms with Crippen molar-refractivity contribution in [1.82, 2.24) is 0 Å². The van der Waals surface area contributed by atoms with Crippen molar-refractivity contribution in [3.8, 4) is 17.2 Å². The van der Waals surface area contributed by atoms with Gasteiger partial charge in [0.05, 0.1) is 13.0 Å². The number of carbonyl (C=O) groups is 1. The number of carbonyl (C=O) groups excluding carboxylic acids is 1. The fraction of sp³-hybridized carbons (Fsp3) is 0.731. The summed E-state index contributed by atoms with van der Waals surface area (Å²) in [7, 11) is 0. The number of phenols is 3. The minimum atomic E-state index is -0.580. The van der Waals surface area contributed by atoms with Crippen LogP contribution in [0.15, 0.2) is 12.1 Å². The second kappa shape index (κ2) is 16.7. The summed E-state index contributed by atoms with van der Waals surface area (Å²) in [6.07, 6.45) is 18.4. The minimum absolute atomic E-state index is 0.0488. The lowest BCUT2D eigenvalue weighted by molar-refractivity contribution is -0.144. The highest BCUT2D eigenvalue weighted by Gasteiger charge is 2.13. The molecule has 0 saturated carbocycles. The van der Waals surface area contributed by atoms with Crippen molar-refractivity contribution in [1.29, 1.82) is 0 Å². The Morgan fingerprint density at radius 3 is 1.74 bits per heavy atom. The van der Waals surface area contributed by atoms with Gasteiger partial charge < -0.3 is 20.1 Å². The lowest BCUT2D eigenvalue weighted by Gasteiger charge is -2.12. The summed E-state index contributed by atoms with van der Waals surface area (Å²) < 4.78 is 5.32. The van der Waals surface area contributed by atoms with Crippen molar-refractivity contribution >= 4 is 5.97 Å². The first-order valence-corrected chi connectivity index (χ1v) is 12.3. The van der Waals surface area contributed by atoms with E-state index in [0.717, 1.165) is 12.8 Å². The molecule has 1 unspecified atom stereocenters. The topological polar surface area (TPSA) is 87.0 Å². The Morgan fingerprint density at radius 1 is 0.806 bits per heavy atom. The van der Waals surface area contributed by atoms with Gasteiger partial charge in [0.2, 0.25) is 0 Å². The predicted molar refractivity (Wildman–Crippen MR) is 126 cm³/mol. The van der Waals surface area contributed by atoms with Crippen molar-refractivity contribution < 1.29 is 24.9 Å². The van der Waals surface area contributed by atoms with Crippen LogP contribution in [0, 0.1) is 5.92 Å². The van der Waals surface area contributed by atoms with E-state index in [1.54, 1.807) is 0 Å². The molecule has 0 fully saturated rings. The number of ether oxygens (including phenoxy) is 1. The summed E-state index contributed by atoms with van der Waals surface area (Å²) in [6, 6.07) is 2.51. The van der Waals surface area contributed by atoms with Gasteiger partial charge in [0, 0.05) is 0 Å². The maximum Gasteiger partial charge on any atom is 0.310 e. The van der Waals surface area contributed by atoms with E-state index in [1.165, 1.54) is 89.2 Å². The van der Waals surface area contributed by atoms with Gasteiger partial charge in [-0.15, -0.1) is 0 Å². The summed E-state index contributed by atoms with van der Waals surface area (Å²) in [6.45, 7) is 4.73. The molecule has 178 valence electrons.